The summed E-state index contributed by atoms with van der Waals surface area (Å²) >= 11 is 0. The van der Waals surface area contributed by atoms with Crippen molar-refractivity contribution in [1.82, 2.24) is 0 Å². The molecular weight excluding hydrogens is 272 g/mol. The Bertz CT molecular complexity index is 380. The fourth-order valence-electron chi connectivity index (χ4n) is 3.40. The van der Waals surface area contributed by atoms with Crippen LogP contribution in [0, 0.1) is 17.8 Å². The Balaban J connectivity index is 3.04. The van der Waals surface area contributed by atoms with Crippen LogP contribution in [-0.2, 0) is 9.53 Å². The first-order chi connectivity index (χ1) is 9.87. The summed E-state index contributed by atoms with van der Waals surface area (Å²) in [6.07, 6.45) is 1.27. The molecule has 21 heavy (non-hydrogen) atoms. The minimum Gasteiger partial charge on any atom is -0.469 e. The molecule has 0 spiro atoms. The average Bonchev–Trinajstić information content (AvgIpc) is 2.75. The molecule has 5 atom stereocenters. The fraction of sp³-hybridized carbons (Fsp3) is 0.857. The van der Waals surface area contributed by atoms with Crippen molar-refractivity contribution >= 4 is 11.9 Å². The van der Waals surface area contributed by atoms with Crippen LogP contribution >= 0.6 is 0 Å². The van der Waals surface area contributed by atoms with Crippen molar-refractivity contribution in [2.24, 2.45) is 39.9 Å². The molecule has 7 heteroatoms. The van der Waals surface area contributed by atoms with Gasteiger partial charge in [0, 0.05) is 12.0 Å². The first-order valence-corrected chi connectivity index (χ1v) is 7.47. The number of nitrogens with zero attached hydrogens (tertiary/aromatic N) is 1. The van der Waals surface area contributed by atoms with Gasteiger partial charge in [-0.25, -0.2) is 4.99 Å². The van der Waals surface area contributed by atoms with Gasteiger partial charge in [-0.15, -0.1) is 0 Å². The molecule has 0 heterocycles. The summed E-state index contributed by atoms with van der Waals surface area (Å²) in [5, 5.41) is 10.5. The van der Waals surface area contributed by atoms with E-state index in [1.54, 1.807) is 0 Å². The lowest BCUT2D eigenvalue weighted by Gasteiger charge is -2.32. The maximum Gasteiger partial charge on any atom is 0.311 e. The SMILES string of the molecule is CCC(CC)C(N)C1C(N=C(N)N)CC(C(=O)OC)C1O. The third-order valence-corrected chi connectivity index (χ3v) is 4.60. The van der Waals surface area contributed by atoms with Crippen LogP contribution in [0.4, 0.5) is 0 Å². The van der Waals surface area contributed by atoms with Crippen molar-refractivity contribution in [3.63, 3.8) is 0 Å². The highest BCUT2D eigenvalue weighted by molar-refractivity contribution is 5.76. The van der Waals surface area contributed by atoms with E-state index in [1.165, 1.54) is 7.11 Å². The van der Waals surface area contributed by atoms with E-state index in [2.05, 4.69) is 18.8 Å². The number of hydrogen-bond acceptors (Lipinski definition) is 5. The Morgan fingerprint density at radius 3 is 2.38 bits per heavy atom. The second-order valence-corrected chi connectivity index (χ2v) is 5.71. The molecule has 0 amide bonds. The van der Waals surface area contributed by atoms with Gasteiger partial charge >= 0.3 is 5.97 Å². The molecule has 7 N–H and O–H groups in total. The monoisotopic (exact) mass is 300 g/mol. The highest BCUT2D eigenvalue weighted by Crippen LogP contribution is 2.39. The third-order valence-electron chi connectivity index (χ3n) is 4.60. The summed E-state index contributed by atoms with van der Waals surface area (Å²) in [6.45, 7) is 4.12. The van der Waals surface area contributed by atoms with Crippen molar-refractivity contribution in [2.45, 2.75) is 51.3 Å². The third kappa shape index (κ3) is 3.85. The number of esters is 1. The highest BCUT2D eigenvalue weighted by atomic mass is 16.5. The van der Waals surface area contributed by atoms with Gasteiger partial charge < -0.3 is 27.0 Å². The number of nitrogens with two attached hydrogens (primary N) is 3. The van der Waals surface area contributed by atoms with E-state index in [9.17, 15) is 9.90 Å². The van der Waals surface area contributed by atoms with Crippen LogP contribution in [0.5, 0.6) is 0 Å². The number of guanidine groups is 1. The van der Waals surface area contributed by atoms with E-state index in [1.807, 2.05) is 0 Å². The zero-order valence-electron chi connectivity index (χ0n) is 13.0. The molecule has 0 aromatic carbocycles. The normalized spacial score (nSPS) is 30.2. The Labute approximate surface area is 125 Å². The van der Waals surface area contributed by atoms with Crippen LogP contribution in [0.2, 0.25) is 0 Å². The second-order valence-electron chi connectivity index (χ2n) is 5.71. The van der Waals surface area contributed by atoms with Gasteiger partial charge in [0.15, 0.2) is 5.96 Å². The van der Waals surface area contributed by atoms with E-state index in [4.69, 9.17) is 21.9 Å². The van der Waals surface area contributed by atoms with Gasteiger partial charge in [-0.3, -0.25) is 4.79 Å². The molecule has 1 aliphatic rings. The van der Waals surface area contributed by atoms with Crippen LogP contribution in [0.3, 0.4) is 0 Å². The fourth-order valence-corrected chi connectivity index (χ4v) is 3.40. The van der Waals surface area contributed by atoms with Gasteiger partial charge in [0.1, 0.15) is 0 Å². The summed E-state index contributed by atoms with van der Waals surface area (Å²) in [5.41, 5.74) is 17.3. The maximum absolute atomic E-state index is 11.8. The number of methoxy groups -OCH3 is 1. The van der Waals surface area contributed by atoms with Gasteiger partial charge in [-0.05, 0) is 12.3 Å². The minimum atomic E-state index is -0.888. The largest absolute Gasteiger partial charge is 0.469 e. The molecule has 1 rings (SSSR count). The van der Waals surface area contributed by atoms with Crippen molar-refractivity contribution in [2.75, 3.05) is 7.11 Å². The lowest BCUT2D eigenvalue weighted by atomic mass is 9.81. The Kier molecular flexibility index (Phi) is 6.42. The Hall–Kier alpha value is -1.34. The summed E-state index contributed by atoms with van der Waals surface area (Å²) < 4.78 is 4.75. The quantitative estimate of drug-likeness (QED) is 0.298. The average molecular weight is 300 g/mol. The molecule has 0 saturated heterocycles. The maximum atomic E-state index is 11.8. The number of carbonyl (C=O) groups is 1. The molecule has 122 valence electrons. The summed E-state index contributed by atoms with van der Waals surface area (Å²) in [6, 6.07) is -0.623. The van der Waals surface area contributed by atoms with Crippen molar-refractivity contribution in [3.8, 4) is 0 Å². The lowest BCUT2D eigenvalue weighted by molar-refractivity contribution is -0.149. The van der Waals surface area contributed by atoms with Crippen LogP contribution in [0.1, 0.15) is 33.1 Å². The number of ether oxygens (including phenoxy) is 1. The van der Waals surface area contributed by atoms with Gasteiger partial charge in [-0.1, -0.05) is 26.7 Å². The smallest absolute Gasteiger partial charge is 0.311 e. The van der Waals surface area contributed by atoms with Crippen LogP contribution in [-0.4, -0.2) is 42.3 Å². The predicted octanol–water partition coefficient (Wildman–Crippen LogP) is -0.438. The summed E-state index contributed by atoms with van der Waals surface area (Å²) in [4.78, 5) is 16.0. The van der Waals surface area contributed by atoms with E-state index in [0.29, 0.717) is 6.42 Å². The van der Waals surface area contributed by atoms with Crippen LogP contribution < -0.4 is 17.2 Å². The molecule has 0 aliphatic heterocycles. The molecule has 1 saturated carbocycles. The zero-order valence-corrected chi connectivity index (χ0v) is 13.0. The van der Waals surface area contributed by atoms with Gasteiger partial charge in [0.2, 0.25) is 0 Å². The zero-order chi connectivity index (χ0) is 16.2. The second kappa shape index (κ2) is 7.61. The molecule has 0 bridgehead atoms. The standard InChI is InChI=1S/C14H28N4O3/c1-4-7(5-2)11(15)10-9(18-14(16)17)6-8(12(10)19)13(20)21-3/h7-12,19H,4-6,15H2,1-3H3,(H4,16,17,18). The van der Waals surface area contributed by atoms with E-state index < -0.39 is 18.0 Å². The molecule has 5 unspecified atom stereocenters. The molecule has 7 nitrogen and oxygen atoms in total. The lowest BCUT2D eigenvalue weighted by Crippen LogP contribution is -2.46. The minimum absolute atomic E-state index is 0.0561. The van der Waals surface area contributed by atoms with E-state index in [0.717, 1.165) is 12.8 Å². The van der Waals surface area contributed by atoms with E-state index >= 15 is 0 Å². The summed E-state index contributed by atoms with van der Waals surface area (Å²) in [7, 11) is 1.30. The number of carbonyl (C=O) groups excluding carboxylic acids is 1. The molecule has 1 aliphatic carbocycles. The molecule has 0 aromatic rings. The Morgan fingerprint density at radius 1 is 1.38 bits per heavy atom. The highest BCUT2D eigenvalue weighted by Gasteiger charge is 2.49. The molecule has 1 fully saturated rings. The van der Waals surface area contributed by atoms with E-state index in [-0.39, 0.29) is 29.9 Å². The topological polar surface area (TPSA) is 137 Å². The number of aliphatic hydroxyl groups is 1. The van der Waals surface area contributed by atoms with Crippen molar-refractivity contribution < 1.29 is 14.6 Å². The van der Waals surface area contributed by atoms with Crippen molar-refractivity contribution in [1.29, 1.82) is 0 Å². The summed E-state index contributed by atoms with van der Waals surface area (Å²) in [5.74, 6) is -1.23. The van der Waals surface area contributed by atoms with Gasteiger partial charge in [0.05, 0.1) is 25.2 Å². The first kappa shape index (κ1) is 17.7. The van der Waals surface area contributed by atoms with Gasteiger partial charge in [-0.2, -0.15) is 0 Å². The van der Waals surface area contributed by atoms with Gasteiger partial charge in [0.25, 0.3) is 0 Å². The molecular formula is C14H28N4O3. The predicted molar refractivity (Wildman–Crippen MR) is 81.3 cm³/mol. The number of aliphatic hydroxyl groups excluding tert-OH is 1. The molecule has 0 aromatic heterocycles. The number of aliphatic imine (C=N–C) groups is 1. The van der Waals surface area contributed by atoms with Crippen LogP contribution in [0.25, 0.3) is 0 Å². The number of rotatable bonds is 6. The first-order valence-electron chi connectivity index (χ1n) is 7.47. The Morgan fingerprint density at radius 2 is 1.95 bits per heavy atom. The van der Waals surface area contributed by atoms with Crippen molar-refractivity contribution in [3.05, 3.63) is 0 Å². The van der Waals surface area contributed by atoms with Crippen LogP contribution in [0.15, 0.2) is 4.99 Å². The number of hydrogen-bond donors (Lipinski definition) is 4. The molecule has 0 radical (unpaired) electrons.